The van der Waals surface area contributed by atoms with E-state index in [1.54, 1.807) is 63.8 Å². The van der Waals surface area contributed by atoms with Crippen LogP contribution in [0.15, 0.2) is 58.8 Å². The minimum absolute atomic E-state index is 0.0395. The number of Topliss-reactive ketones (excluding diaryl/α,β-unsaturated/α-hetero) is 2. The van der Waals surface area contributed by atoms with Crippen molar-refractivity contribution in [3.63, 3.8) is 0 Å². The Labute approximate surface area is 566 Å². The molecule has 18 atom stereocenters. The van der Waals surface area contributed by atoms with Crippen molar-refractivity contribution < 1.29 is 76.7 Å². The number of halogens is 2. The van der Waals surface area contributed by atoms with Gasteiger partial charge in [-0.1, -0.05) is 92.5 Å². The SMILES string of the molecule is CCC(=O)OCC(=O)[C@@]1(OC(=O)CC)[C@@H](C)C[C@H]2[C@@H]3CCC4=Cc5c(cnn5C)C[C@]4(C)[C@@]3(F)[C@@H](O)C[C@@]21C.CCC(=O)OCC(=O)[C@@]1(OC(=O)CC)[C@H](C)C[C@H]2[C@H]3[C@H]([C@@H](O)C[C@@]21C)[C@@]1(C)C=CC(=NC)C=C1C[C@H]3Cl.CN1C(=O)CCC(N2Cc3c(N)cccc3C2=O)C1=O. The van der Waals surface area contributed by atoms with E-state index in [0.717, 1.165) is 38.6 Å². The number of esters is 4. The summed E-state index contributed by atoms with van der Waals surface area (Å²) in [6, 6.07) is 4.62. The van der Waals surface area contributed by atoms with Gasteiger partial charge in [-0.3, -0.25) is 57.7 Å². The highest BCUT2D eigenvalue weighted by Crippen LogP contribution is 2.73. The number of aliphatic imine (C=N–C) groups is 1. The molecule has 1 aromatic heterocycles. The topological polar surface area (TPSA) is 294 Å². The van der Waals surface area contributed by atoms with Crippen molar-refractivity contribution in [3.8, 4) is 0 Å². The van der Waals surface area contributed by atoms with E-state index in [2.05, 4.69) is 29.2 Å². The normalized spacial score (nSPS) is 37.8. The molecule has 12 rings (SSSR count). The number of amides is 3. The third kappa shape index (κ3) is 11.0. The van der Waals surface area contributed by atoms with Crippen LogP contribution in [0.2, 0.25) is 0 Å². The van der Waals surface area contributed by atoms with E-state index in [1.807, 2.05) is 53.8 Å². The second kappa shape index (κ2) is 26.4. The quantitative estimate of drug-likeness (QED) is 0.0554. The van der Waals surface area contributed by atoms with Crippen LogP contribution in [0.3, 0.4) is 0 Å². The number of aliphatic hydroxyl groups is 2. The Morgan fingerprint density at radius 1 is 0.781 bits per heavy atom. The summed E-state index contributed by atoms with van der Waals surface area (Å²) >= 11 is 7.15. The maximum absolute atomic E-state index is 17.9. The maximum Gasteiger partial charge on any atom is 0.306 e. The first-order valence-electron chi connectivity index (χ1n) is 34.3. The highest BCUT2D eigenvalue weighted by atomic mass is 35.5. The van der Waals surface area contributed by atoms with Crippen molar-refractivity contribution >= 4 is 82.2 Å². The molecule has 0 bridgehead atoms. The van der Waals surface area contributed by atoms with Crippen molar-refractivity contribution in [2.24, 2.45) is 75.1 Å². The number of allylic oxidation sites excluding steroid dienone is 5. The van der Waals surface area contributed by atoms with Crippen LogP contribution in [0.5, 0.6) is 0 Å². The Morgan fingerprint density at radius 2 is 1.36 bits per heavy atom. The molecule has 96 heavy (non-hydrogen) atoms. The van der Waals surface area contributed by atoms with Crippen molar-refractivity contribution in [2.75, 3.05) is 33.0 Å². The Kier molecular flexibility index (Phi) is 19.8. The van der Waals surface area contributed by atoms with Crippen LogP contribution >= 0.6 is 11.6 Å². The van der Waals surface area contributed by atoms with Gasteiger partial charge in [-0.05, 0) is 111 Å². The average Bonchev–Trinajstić information content (AvgIpc) is 1.40. The molecule has 0 spiro atoms. The Balaban J connectivity index is 0.000000164. The fourth-order valence-corrected chi connectivity index (χ4v) is 20.5. The largest absolute Gasteiger partial charge is 0.457 e. The first-order chi connectivity index (χ1) is 45.2. The zero-order chi connectivity index (χ0) is 70.3. The number of hydrogen-bond donors (Lipinski definition) is 3. The van der Waals surface area contributed by atoms with Crippen LogP contribution < -0.4 is 5.73 Å². The van der Waals surface area contributed by atoms with E-state index in [-0.39, 0.29) is 103 Å². The Hall–Kier alpha value is -6.91. The lowest BCUT2D eigenvalue weighted by atomic mass is 9.43. The molecule has 10 aliphatic rings. The molecule has 1 saturated heterocycles. The van der Waals surface area contributed by atoms with Crippen molar-refractivity contribution in [3.05, 3.63) is 76.2 Å². The molecule has 6 saturated carbocycles. The van der Waals surface area contributed by atoms with Gasteiger partial charge >= 0.3 is 23.9 Å². The summed E-state index contributed by atoms with van der Waals surface area (Å²) in [5, 5.41) is 27.8. The fourth-order valence-electron chi connectivity index (χ4n) is 20.0. The van der Waals surface area contributed by atoms with Crippen LogP contribution in [0.25, 0.3) is 6.08 Å². The molecule has 21 nitrogen and oxygen atoms in total. The molecule has 0 radical (unpaired) electrons. The molecule has 7 fully saturated rings. The van der Waals surface area contributed by atoms with Crippen LogP contribution in [0, 0.1) is 63.1 Å². The van der Waals surface area contributed by atoms with Gasteiger partial charge in [0.1, 0.15) is 11.7 Å². The number of alkyl halides is 2. The highest BCUT2D eigenvalue weighted by molar-refractivity contribution is 6.21. The molecular formula is C73H96ClFN6O15. The number of fused-ring (bicyclic) bond motifs is 12. The number of aliphatic hydroxyl groups excluding tert-OH is 2. The predicted molar refractivity (Wildman–Crippen MR) is 354 cm³/mol. The van der Waals surface area contributed by atoms with E-state index in [1.165, 1.54) is 11.9 Å². The molecule has 522 valence electrons. The van der Waals surface area contributed by atoms with Gasteiger partial charge in [0.2, 0.25) is 17.5 Å². The number of nitrogens with zero attached hydrogens (tertiary/aromatic N) is 5. The predicted octanol–water partition coefficient (Wildman–Crippen LogP) is 8.94. The molecular weight excluding hydrogens is 1260 g/mol. The van der Waals surface area contributed by atoms with E-state index in [4.69, 9.17) is 36.3 Å². The van der Waals surface area contributed by atoms with Gasteiger partial charge in [-0.15, -0.1) is 11.6 Å². The summed E-state index contributed by atoms with van der Waals surface area (Å²) in [4.78, 5) is 120. The molecule has 1 unspecified atom stereocenters. The summed E-state index contributed by atoms with van der Waals surface area (Å²) in [5.41, 5.74) is 4.45. The number of likely N-dealkylation sites (N-methyl/N-ethyl adjacent to an activating group) is 1. The summed E-state index contributed by atoms with van der Waals surface area (Å²) in [6.07, 6.45) is 12.6. The second-order valence-electron chi connectivity index (χ2n) is 29.5. The first-order valence-corrected chi connectivity index (χ1v) is 34.7. The minimum Gasteiger partial charge on any atom is -0.457 e. The lowest BCUT2D eigenvalue weighted by molar-refractivity contribution is -0.234. The number of nitrogen functional groups attached to an aromatic ring is 1. The van der Waals surface area contributed by atoms with E-state index in [9.17, 15) is 53.4 Å². The molecule has 4 N–H and O–H groups in total. The Morgan fingerprint density at radius 3 is 1.94 bits per heavy atom. The first kappa shape index (κ1) is 71.9. The highest BCUT2D eigenvalue weighted by Gasteiger charge is 2.78. The third-order valence-electron chi connectivity index (χ3n) is 24.9. The lowest BCUT2D eigenvalue weighted by Crippen LogP contribution is -2.70. The summed E-state index contributed by atoms with van der Waals surface area (Å²) in [6.45, 7) is 17.7. The fraction of sp³-hybridized carbons (Fsp3) is 0.658. The van der Waals surface area contributed by atoms with Crippen molar-refractivity contribution in [2.45, 2.75) is 206 Å². The number of benzene rings is 1. The third-order valence-corrected chi connectivity index (χ3v) is 25.3. The molecule has 3 heterocycles. The maximum atomic E-state index is 17.9. The number of likely N-dealkylation sites (tertiary alicyclic amines) is 1. The number of carbonyl (C=O) groups excluding carboxylic acids is 9. The molecule has 1 aromatic carbocycles. The smallest absolute Gasteiger partial charge is 0.306 e. The van der Waals surface area contributed by atoms with Gasteiger partial charge in [0.25, 0.3) is 11.8 Å². The summed E-state index contributed by atoms with van der Waals surface area (Å²) in [5.74, 6) is -5.59. The monoisotopic (exact) mass is 1350 g/mol. The molecule has 2 aliphatic heterocycles. The van der Waals surface area contributed by atoms with Gasteiger partial charge in [-0.2, -0.15) is 5.10 Å². The number of aryl methyl sites for hydroxylation is 1. The number of carbonyl (C=O) groups is 9. The van der Waals surface area contributed by atoms with E-state index in [0.29, 0.717) is 62.7 Å². The standard InChI is InChI=1S/C30H41FN2O6.C29H40ClNO6.C14H15N3O3/c1-7-25(36)38-16-24(35)30(39-26(37)8-2)17(3)11-21-20-10-9-19-12-22-18(15-32-33(22)6)13-27(19,4)29(20,31)23(34)14-28(21,30)5;1-7-23(34)36-15-22(33)29(37-24(35)8-2)16(3)11-19-25-20(30)13-17-12-18(31-6)9-10-27(17,4)26(25)21(32)14-28(19,29)5;1-16-12(18)6-5-11(14(16)20)17-7-9-8(13(17)19)3-2-4-10(9)15/h12,15,17,20-21,23,34H,7-11,13-14,16H2,1-6H3;9-10,12,16,19-21,25-26,32H,7-8,11,13-15H2,1-6H3;2-4,11H,5-7,15H2,1H3/t17-,20-,21-,23-,27-,28-,29-,30-;16-,19+,20-,21+,25-,26+,27+,28+,29+;/m01./s1. The van der Waals surface area contributed by atoms with Crippen LogP contribution in [0.1, 0.15) is 180 Å². The number of rotatable bonds is 13. The number of piperidine rings is 1. The van der Waals surface area contributed by atoms with Crippen molar-refractivity contribution in [1.82, 2.24) is 19.6 Å². The number of aromatic nitrogens is 2. The van der Waals surface area contributed by atoms with Gasteiger partial charge in [0.05, 0.1) is 29.8 Å². The van der Waals surface area contributed by atoms with Gasteiger partial charge in [-0.25, -0.2) is 4.39 Å². The summed E-state index contributed by atoms with van der Waals surface area (Å²) in [7, 11) is 5.09. The lowest BCUT2D eigenvalue weighted by Gasteiger charge is -2.63. The van der Waals surface area contributed by atoms with Crippen molar-refractivity contribution in [1.29, 1.82) is 0 Å². The summed E-state index contributed by atoms with van der Waals surface area (Å²) < 4.78 is 42.3. The zero-order valence-electron chi connectivity index (χ0n) is 57.8. The van der Waals surface area contributed by atoms with Gasteiger partial charge in [0, 0.05) is 127 Å². The number of ketones is 2. The zero-order valence-corrected chi connectivity index (χ0v) is 58.5. The van der Waals surface area contributed by atoms with Gasteiger partial charge in [0.15, 0.2) is 24.4 Å². The van der Waals surface area contributed by atoms with Gasteiger partial charge < -0.3 is 39.8 Å². The number of anilines is 1. The number of hydrogen-bond acceptors (Lipinski definition) is 18. The molecule has 8 aliphatic carbocycles. The van der Waals surface area contributed by atoms with Crippen LogP contribution in [-0.2, 0) is 77.3 Å². The average molecular weight is 1350 g/mol. The Bertz CT molecular complexity index is 3660. The number of imide groups is 1. The van der Waals surface area contributed by atoms with E-state index < -0.39 is 112 Å². The number of nitrogens with two attached hydrogens (primary N) is 1. The molecule has 23 heteroatoms. The van der Waals surface area contributed by atoms with Crippen LogP contribution in [0.4, 0.5) is 10.1 Å². The number of ether oxygens (including phenoxy) is 4. The van der Waals surface area contributed by atoms with Crippen LogP contribution in [-0.4, -0.2) is 156 Å². The second-order valence-corrected chi connectivity index (χ2v) is 30.1. The van der Waals surface area contributed by atoms with E-state index >= 15 is 4.39 Å². The molecule has 3 amide bonds. The minimum atomic E-state index is -1.93. The molecule has 2 aromatic rings.